The monoisotopic (exact) mass is 254 g/mol. The minimum Gasteiger partial charge on any atom is -0.289 e. The summed E-state index contributed by atoms with van der Waals surface area (Å²) in [7, 11) is 0. The van der Waals surface area contributed by atoms with Crippen LogP contribution in [0.4, 0.5) is 13.2 Å². The maximum Gasteiger partial charge on any atom is 0.450 e. The van der Waals surface area contributed by atoms with E-state index in [-0.39, 0.29) is 5.56 Å². The lowest BCUT2D eigenvalue weighted by Gasteiger charge is -2.05. The fourth-order valence-corrected chi connectivity index (χ4v) is 1.57. The number of aromatic amines is 1. The van der Waals surface area contributed by atoms with Gasteiger partial charge in [0.15, 0.2) is 0 Å². The Morgan fingerprint density at radius 3 is 2.50 bits per heavy atom. The number of H-pyrrole nitrogens is 1. The second-order valence-corrected chi connectivity index (χ2v) is 3.73. The Bertz CT molecular complexity index is 546. The zero-order chi connectivity index (χ0) is 13.2. The SMILES string of the molecule is O=C(Cc1cn[nH]c1-c1ccccc1)C(F)(F)F. The first-order chi connectivity index (χ1) is 8.48. The van der Waals surface area contributed by atoms with Gasteiger partial charge in [-0.1, -0.05) is 30.3 Å². The fourth-order valence-electron chi connectivity index (χ4n) is 1.57. The molecule has 0 fully saturated rings. The third kappa shape index (κ3) is 2.58. The normalized spacial score (nSPS) is 11.5. The molecule has 0 aliphatic rings. The Kier molecular flexibility index (Phi) is 3.18. The summed E-state index contributed by atoms with van der Waals surface area (Å²) in [5.41, 5.74) is 1.37. The number of hydrogen-bond donors (Lipinski definition) is 1. The van der Waals surface area contributed by atoms with Gasteiger partial charge in [-0.3, -0.25) is 9.89 Å². The zero-order valence-corrected chi connectivity index (χ0v) is 9.16. The summed E-state index contributed by atoms with van der Waals surface area (Å²) in [4.78, 5) is 10.9. The molecule has 6 heteroatoms. The first kappa shape index (κ1) is 12.3. The lowest BCUT2D eigenvalue weighted by Crippen LogP contribution is -2.24. The molecule has 0 aliphatic heterocycles. The Balaban J connectivity index is 2.27. The Morgan fingerprint density at radius 1 is 1.22 bits per heavy atom. The van der Waals surface area contributed by atoms with Gasteiger partial charge in [0.25, 0.3) is 0 Å². The van der Waals surface area contributed by atoms with Crippen molar-refractivity contribution >= 4 is 5.78 Å². The molecule has 94 valence electrons. The molecule has 1 N–H and O–H groups in total. The van der Waals surface area contributed by atoms with Crippen LogP contribution in [0.1, 0.15) is 5.56 Å². The number of ketones is 1. The smallest absolute Gasteiger partial charge is 0.289 e. The van der Waals surface area contributed by atoms with Gasteiger partial charge in [0, 0.05) is 12.0 Å². The largest absolute Gasteiger partial charge is 0.450 e. The van der Waals surface area contributed by atoms with Crippen molar-refractivity contribution in [3.8, 4) is 11.3 Å². The van der Waals surface area contributed by atoms with Crippen LogP contribution in [0.25, 0.3) is 11.3 Å². The minimum atomic E-state index is -4.81. The van der Waals surface area contributed by atoms with Gasteiger partial charge in [-0.2, -0.15) is 18.3 Å². The summed E-state index contributed by atoms with van der Waals surface area (Å²) in [5, 5.41) is 6.30. The van der Waals surface area contributed by atoms with Crippen molar-refractivity contribution in [2.75, 3.05) is 0 Å². The number of alkyl halides is 3. The molecule has 0 bridgehead atoms. The standard InChI is InChI=1S/C12H9F3N2O/c13-12(14,15)10(18)6-9-7-16-17-11(9)8-4-2-1-3-5-8/h1-5,7H,6H2,(H,16,17). The summed E-state index contributed by atoms with van der Waals surface area (Å²) in [6, 6.07) is 8.77. The van der Waals surface area contributed by atoms with E-state index in [0.717, 1.165) is 0 Å². The molecule has 0 amide bonds. The highest BCUT2D eigenvalue weighted by atomic mass is 19.4. The number of Topliss-reactive ketones (excluding diaryl/α,β-unsaturated/α-hetero) is 1. The number of carbonyl (C=O) groups excluding carboxylic acids is 1. The molecule has 2 rings (SSSR count). The van der Waals surface area contributed by atoms with Gasteiger partial charge in [-0.25, -0.2) is 0 Å². The quantitative estimate of drug-likeness (QED) is 0.915. The van der Waals surface area contributed by atoms with Crippen molar-refractivity contribution in [3.63, 3.8) is 0 Å². The van der Waals surface area contributed by atoms with Crippen molar-refractivity contribution in [1.82, 2.24) is 10.2 Å². The summed E-state index contributed by atoms with van der Waals surface area (Å²) < 4.78 is 36.6. The van der Waals surface area contributed by atoms with Crippen LogP contribution in [0.5, 0.6) is 0 Å². The Morgan fingerprint density at radius 2 is 1.89 bits per heavy atom. The summed E-state index contributed by atoms with van der Waals surface area (Å²) in [5.74, 6) is -1.78. The van der Waals surface area contributed by atoms with E-state index < -0.39 is 18.4 Å². The van der Waals surface area contributed by atoms with E-state index in [1.54, 1.807) is 30.3 Å². The highest BCUT2D eigenvalue weighted by Crippen LogP contribution is 2.24. The van der Waals surface area contributed by atoms with E-state index in [1.165, 1.54) is 6.20 Å². The Labute approximate surface area is 101 Å². The molecule has 0 radical (unpaired) electrons. The number of carbonyl (C=O) groups is 1. The van der Waals surface area contributed by atoms with E-state index in [0.29, 0.717) is 11.3 Å². The molecule has 18 heavy (non-hydrogen) atoms. The van der Waals surface area contributed by atoms with Gasteiger partial charge < -0.3 is 0 Å². The topological polar surface area (TPSA) is 45.8 Å². The molecule has 0 atom stereocenters. The molecule has 1 aromatic heterocycles. The average molecular weight is 254 g/mol. The van der Waals surface area contributed by atoms with Gasteiger partial charge in [-0.05, 0) is 5.56 Å². The molecule has 0 unspecified atom stereocenters. The molecule has 0 saturated heterocycles. The Hall–Kier alpha value is -2.11. The molecule has 3 nitrogen and oxygen atoms in total. The number of rotatable bonds is 3. The lowest BCUT2D eigenvalue weighted by molar-refractivity contribution is -0.170. The fraction of sp³-hybridized carbons (Fsp3) is 0.167. The first-order valence-corrected chi connectivity index (χ1v) is 5.16. The number of benzene rings is 1. The maximum absolute atomic E-state index is 12.2. The van der Waals surface area contributed by atoms with E-state index in [9.17, 15) is 18.0 Å². The van der Waals surface area contributed by atoms with Crippen LogP contribution >= 0.6 is 0 Å². The molecule has 0 saturated carbocycles. The van der Waals surface area contributed by atoms with Gasteiger partial charge >= 0.3 is 6.18 Å². The van der Waals surface area contributed by atoms with Gasteiger partial charge in [0.1, 0.15) is 0 Å². The predicted octanol–water partition coefficient (Wildman–Crippen LogP) is 2.75. The second kappa shape index (κ2) is 4.64. The first-order valence-electron chi connectivity index (χ1n) is 5.16. The average Bonchev–Trinajstić information content (AvgIpc) is 2.77. The van der Waals surface area contributed by atoms with Crippen LogP contribution in [0, 0.1) is 0 Å². The lowest BCUT2D eigenvalue weighted by atomic mass is 10.0. The van der Waals surface area contributed by atoms with E-state index >= 15 is 0 Å². The van der Waals surface area contributed by atoms with E-state index in [4.69, 9.17) is 0 Å². The summed E-state index contributed by atoms with van der Waals surface area (Å²) in [6.45, 7) is 0. The van der Waals surface area contributed by atoms with Crippen molar-refractivity contribution in [2.45, 2.75) is 12.6 Å². The zero-order valence-electron chi connectivity index (χ0n) is 9.16. The number of nitrogens with one attached hydrogen (secondary N) is 1. The van der Waals surface area contributed by atoms with Crippen molar-refractivity contribution in [3.05, 3.63) is 42.1 Å². The van der Waals surface area contributed by atoms with E-state index in [2.05, 4.69) is 10.2 Å². The molecule has 0 aliphatic carbocycles. The van der Waals surface area contributed by atoms with Gasteiger partial charge in [0.05, 0.1) is 11.9 Å². The summed E-state index contributed by atoms with van der Waals surface area (Å²) in [6.07, 6.45) is -4.28. The molecule has 1 heterocycles. The highest BCUT2D eigenvalue weighted by molar-refractivity contribution is 5.87. The number of halogens is 3. The predicted molar refractivity (Wildman–Crippen MR) is 58.8 cm³/mol. The van der Waals surface area contributed by atoms with Crippen LogP contribution in [0.2, 0.25) is 0 Å². The van der Waals surface area contributed by atoms with Crippen LogP contribution in [-0.2, 0) is 11.2 Å². The van der Waals surface area contributed by atoms with E-state index in [1.807, 2.05) is 0 Å². The van der Waals surface area contributed by atoms with Crippen LogP contribution in [0.3, 0.4) is 0 Å². The minimum absolute atomic E-state index is 0.239. The third-order valence-electron chi connectivity index (χ3n) is 2.45. The second-order valence-electron chi connectivity index (χ2n) is 3.73. The van der Waals surface area contributed by atoms with Crippen LogP contribution < -0.4 is 0 Å². The van der Waals surface area contributed by atoms with Crippen LogP contribution in [0.15, 0.2) is 36.5 Å². The van der Waals surface area contributed by atoms with Crippen molar-refractivity contribution in [2.24, 2.45) is 0 Å². The van der Waals surface area contributed by atoms with Crippen LogP contribution in [-0.4, -0.2) is 22.2 Å². The molecular formula is C12H9F3N2O. The number of aromatic nitrogens is 2. The maximum atomic E-state index is 12.2. The molecular weight excluding hydrogens is 245 g/mol. The summed E-state index contributed by atoms with van der Waals surface area (Å²) >= 11 is 0. The van der Waals surface area contributed by atoms with Crippen molar-refractivity contribution in [1.29, 1.82) is 0 Å². The third-order valence-corrected chi connectivity index (χ3v) is 2.45. The van der Waals surface area contributed by atoms with Gasteiger partial charge in [0.2, 0.25) is 5.78 Å². The molecule has 2 aromatic rings. The highest BCUT2D eigenvalue weighted by Gasteiger charge is 2.38. The number of hydrogen-bond acceptors (Lipinski definition) is 2. The van der Waals surface area contributed by atoms with Crippen molar-refractivity contribution < 1.29 is 18.0 Å². The van der Waals surface area contributed by atoms with Gasteiger partial charge in [-0.15, -0.1) is 0 Å². The molecule has 0 spiro atoms. The molecule has 1 aromatic carbocycles. The number of nitrogens with zero attached hydrogens (tertiary/aromatic N) is 1.